The molecule has 1 aliphatic heterocycles. The Morgan fingerprint density at radius 3 is 2.04 bits per heavy atom. The Morgan fingerprint density at radius 2 is 1.38 bits per heavy atom. The number of hydrogen-bond donors (Lipinski definition) is 2. The number of carbonyl (C=O) groups excluding carboxylic acids is 2. The molecule has 3 heterocycles. The minimum atomic E-state index is -0.298. The molecule has 26 heavy (non-hydrogen) atoms. The Hall–Kier alpha value is -3.42. The van der Waals surface area contributed by atoms with Gasteiger partial charge >= 0.3 is 5.69 Å². The molecular weight excluding hydrogens is 334 g/mol. The molecule has 0 bridgehead atoms. The van der Waals surface area contributed by atoms with Gasteiger partial charge in [-0.15, -0.1) is 0 Å². The molecule has 2 amide bonds. The second kappa shape index (κ2) is 6.47. The first-order valence-corrected chi connectivity index (χ1v) is 8.32. The van der Waals surface area contributed by atoms with Crippen LogP contribution >= 0.6 is 0 Å². The van der Waals surface area contributed by atoms with Crippen molar-refractivity contribution in [3.8, 4) is 0 Å². The van der Waals surface area contributed by atoms with Crippen LogP contribution in [0.4, 0.5) is 0 Å². The van der Waals surface area contributed by atoms with E-state index in [-0.39, 0.29) is 17.5 Å². The molecule has 3 aromatic rings. The first-order valence-electron chi connectivity index (χ1n) is 8.32. The molecule has 1 aromatic carbocycles. The second-order valence-electron chi connectivity index (χ2n) is 6.16. The minimum absolute atomic E-state index is 0.0502. The van der Waals surface area contributed by atoms with Crippen molar-refractivity contribution in [2.24, 2.45) is 0 Å². The van der Waals surface area contributed by atoms with E-state index in [1.165, 1.54) is 0 Å². The predicted molar refractivity (Wildman–Crippen MR) is 95.0 cm³/mol. The van der Waals surface area contributed by atoms with E-state index in [1.54, 1.807) is 52.5 Å². The van der Waals surface area contributed by atoms with Crippen molar-refractivity contribution in [3.63, 3.8) is 0 Å². The van der Waals surface area contributed by atoms with E-state index in [9.17, 15) is 14.4 Å². The summed E-state index contributed by atoms with van der Waals surface area (Å²) in [5.74, 6) is -0.157. The highest BCUT2D eigenvalue weighted by Crippen LogP contribution is 2.15. The monoisotopic (exact) mass is 351 g/mol. The fourth-order valence-corrected chi connectivity index (χ4v) is 3.14. The lowest BCUT2D eigenvalue weighted by Crippen LogP contribution is -2.50. The molecule has 2 N–H and O–H groups in total. The van der Waals surface area contributed by atoms with Gasteiger partial charge in [0.15, 0.2) is 0 Å². The summed E-state index contributed by atoms with van der Waals surface area (Å²) in [6.45, 7) is 1.90. The van der Waals surface area contributed by atoms with Crippen molar-refractivity contribution < 1.29 is 9.59 Å². The number of hydrogen-bond acceptors (Lipinski definition) is 4. The fourth-order valence-electron chi connectivity index (χ4n) is 3.14. The van der Waals surface area contributed by atoms with Gasteiger partial charge in [-0.3, -0.25) is 14.6 Å². The Morgan fingerprint density at radius 1 is 0.808 bits per heavy atom. The predicted octanol–water partition coefficient (Wildman–Crippen LogP) is 0.849. The number of amides is 2. The fraction of sp³-hybridized carbons (Fsp3) is 0.222. The van der Waals surface area contributed by atoms with Crippen molar-refractivity contribution in [3.05, 3.63) is 64.3 Å². The van der Waals surface area contributed by atoms with Crippen LogP contribution in [0.15, 0.2) is 47.5 Å². The van der Waals surface area contributed by atoms with Crippen LogP contribution in [0.3, 0.4) is 0 Å². The number of fused-ring (bicyclic) bond motifs is 1. The topological polar surface area (TPSA) is 102 Å². The van der Waals surface area contributed by atoms with Crippen molar-refractivity contribution >= 4 is 22.8 Å². The van der Waals surface area contributed by atoms with E-state index in [0.29, 0.717) is 48.3 Å². The smallest absolute Gasteiger partial charge is 0.323 e. The number of benzene rings is 1. The number of H-pyrrole nitrogens is 2. The summed E-state index contributed by atoms with van der Waals surface area (Å²) in [5.41, 5.74) is 2.09. The quantitative estimate of drug-likeness (QED) is 0.714. The summed E-state index contributed by atoms with van der Waals surface area (Å²) in [6, 6.07) is 8.45. The lowest BCUT2D eigenvalue weighted by molar-refractivity contribution is 0.0535. The number of nitrogens with one attached hydrogen (secondary N) is 2. The Labute approximate surface area is 148 Å². The van der Waals surface area contributed by atoms with Gasteiger partial charge in [0.25, 0.3) is 11.8 Å². The van der Waals surface area contributed by atoms with Gasteiger partial charge in [-0.2, -0.15) is 0 Å². The van der Waals surface area contributed by atoms with Gasteiger partial charge in [-0.25, -0.2) is 4.79 Å². The third kappa shape index (κ3) is 2.97. The molecule has 8 heteroatoms. The maximum Gasteiger partial charge on any atom is 0.323 e. The number of rotatable bonds is 2. The molecule has 0 unspecified atom stereocenters. The largest absolute Gasteiger partial charge is 0.335 e. The average molecular weight is 351 g/mol. The van der Waals surface area contributed by atoms with Crippen LogP contribution in [0.5, 0.6) is 0 Å². The standard InChI is InChI=1S/C18H17N5O3/c24-16(12-3-5-19-6-4-12)22-7-9-23(10-8-22)17(25)13-1-2-14-15(11-13)21-18(26)20-14/h1-6,11H,7-10H2,(H2,20,21,26). The molecule has 0 spiro atoms. The first-order chi connectivity index (χ1) is 12.6. The minimum Gasteiger partial charge on any atom is -0.335 e. The van der Waals surface area contributed by atoms with E-state index in [4.69, 9.17) is 0 Å². The molecular formula is C18H17N5O3. The van der Waals surface area contributed by atoms with Crippen LogP contribution in [0.1, 0.15) is 20.7 Å². The number of piperazine rings is 1. The van der Waals surface area contributed by atoms with Gasteiger partial charge in [0.1, 0.15) is 0 Å². The third-order valence-corrected chi connectivity index (χ3v) is 4.54. The zero-order valence-corrected chi connectivity index (χ0v) is 13.9. The second-order valence-corrected chi connectivity index (χ2v) is 6.16. The first kappa shape index (κ1) is 16.1. The lowest BCUT2D eigenvalue weighted by Gasteiger charge is -2.34. The average Bonchev–Trinajstić information content (AvgIpc) is 3.07. The van der Waals surface area contributed by atoms with Gasteiger partial charge in [-0.05, 0) is 30.3 Å². The molecule has 8 nitrogen and oxygen atoms in total. The van der Waals surface area contributed by atoms with E-state index in [2.05, 4.69) is 15.0 Å². The molecule has 132 valence electrons. The summed E-state index contributed by atoms with van der Waals surface area (Å²) in [6.07, 6.45) is 3.18. The van der Waals surface area contributed by atoms with E-state index in [0.717, 1.165) is 0 Å². The molecule has 0 radical (unpaired) electrons. The molecule has 0 saturated carbocycles. The van der Waals surface area contributed by atoms with Crippen molar-refractivity contribution in [1.82, 2.24) is 24.8 Å². The van der Waals surface area contributed by atoms with Crippen molar-refractivity contribution in [1.29, 1.82) is 0 Å². The Kier molecular flexibility index (Phi) is 4.00. The molecule has 0 aliphatic carbocycles. The summed E-state index contributed by atoms with van der Waals surface area (Å²) in [7, 11) is 0. The number of nitrogens with zero attached hydrogens (tertiary/aromatic N) is 3. The van der Waals surface area contributed by atoms with Gasteiger partial charge in [0.2, 0.25) is 0 Å². The molecule has 4 rings (SSSR count). The highest BCUT2D eigenvalue weighted by atomic mass is 16.2. The summed E-state index contributed by atoms with van der Waals surface area (Å²) in [5, 5.41) is 0. The van der Waals surface area contributed by atoms with Crippen LogP contribution in [0, 0.1) is 0 Å². The lowest BCUT2D eigenvalue weighted by atomic mass is 10.1. The molecule has 1 aliphatic rings. The van der Waals surface area contributed by atoms with Gasteiger partial charge < -0.3 is 19.8 Å². The normalized spacial score (nSPS) is 14.6. The highest BCUT2D eigenvalue weighted by molar-refractivity contribution is 5.98. The summed E-state index contributed by atoms with van der Waals surface area (Å²) < 4.78 is 0. The SMILES string of the molecule is O=C(c1ccncc1)N1CCN(C(=O)c2ccc3[nH]c(=O)[nH]c3c2)CC1. The Bertz CT molecular complexity index is 1020. The van der Waals surface area contributed by atoms with Gasteiger partial charge in [-0.1, -0.05) is 0 Å². The molecule has 0 atom stereocenters. The zero-order chi connectivity index (χ0) is 18.1. The van der Waals surface area contributed by atoms with E-state index < -0.39 is 0 Å². The molecule has 2 aromatic heterocycles. The maximum atomic E-state index is 12.7. The number of aromatic amines is 2. The summed E-state index contributed by atoms with van der Waals surface area (Å²) >= 11 is 0. The van der Waals surface area contributed by atoms with E-state index in [1.807, 2.05) is 0 Å². The van der Waals surface area contributed by atoms with Gasteiger partial charge in [0.05, 0.1) is 11.0 Å². The third-order valence-electron chi connectivity index (χ3n) is 4.54. The zero-order valence-electron chi connectivity index (χ0n) is 13.9. The van der Waals surface area contributed by atoms with Crippen molar-refractivity contribution in [2.45, 2.75) is 0 Å². The van der Waals surface area contributed by atoms with Gasteiger partial charge in [0, 0.05) is 49.7 Å². The van der Waals surface area contributed by atoms with Crippen molar-refractivity contribution in [2.75, 3.05) is 26.2 Å². The Balaban J connectivity index is 1.44. The maximum absolute atomic E-state index is 12.7. The van der Waals surface area contributed by atoms with Crippen LogP contribution in [-0.2, 0) is 0 Å². The van der Waals surface area contributed by atoms with Crippen LogP contribution in [0.2, 0.25) is 0 Å². The van der Waals surface area contributed by atoms with Crippen LogP contribution in [0.25, 0.3) is 11.0 Å². The number of aromatic nitrogens is 3. The van der Waals surface area contributed by atoms with E-state index >= 15 is 0 Å². The summed E-state index contributed by atoms with van der Waals surface area (Å²) in [4.78, 5) is 49.2. The van der Waals surface area contributed by atoms with Crippen LogP contribution in [-0.4, -0.2) is 62.7 Å². The van der Waals surface area contributed by atoms with Crippen LogP contribution < -0.4 is 5.69 Å². The molecule has 1 saturated heterocycles. The number of carbonyl (C=O) groups is 2. The number of imidazole rings is 1. The highest BCUT2D eigenvalue weighted by Gasteiger charge is 2.25. The number of pyridine rings is 1. The molecule has 1 fully saturated rings.